The van der Waals surface area contributed by atoms with Crippen LogP contribution >= 0.6 is 0 Å². The van der Waals surface area contributed by atoms with Crippen LogP contribution in [0.2, 0.25) is 0 Å². The molecule has 0 bridgehead atoms. The summed E-state index contributed by atoms with van der Waals surface area (Å²) in [4.78, 5) is 14.7. The fourth-order valence-corrected chi connectivity index (χ4v) is 5.22. The second-order valence-electron chi connectivity index (χ2n) is 11.5. The summed E-state index contributed by atoms with van der Waals surface area (Å²) < 4.78 is 29.0. The van der Waals surface area contributed by atoms with Gasteiger partial charge in [-0.25, -0.2) is 9.00 Å². The monoisotopic (exact) mass is 490 g/mol. The molecule has 7 heteroatoms. The highest BCUT2D eigenvalue weighted by atomic mass is 32.2. The van der Waals surface area contributed by atoms with Crippen LogP contribution in [0.15, 0.2) is 34.7 Å². The molecular formula is C27H42N2O4S. The van der Waals surface area contributed by atoms with Crippen LogP contribution in [0.5, 0.6) is 0 Å². The van der Waals surface area contributed by atoms with Gasteiger partial charge in [0, 0.05) is 6.54 Å². The fraction of sp³-hybridized carbons (Fsp3) is 0.704. The summed E-state index contributed by atoms with van der Waals surface area (Å²) in [5.41, 5.74) is 1.60. The third kappa shape index (κ3) is 7.64. The summed E-state index contributed by atoms with van der Waals surface area (Å²) in [6.07, 6.45) is 5.50. The Morgan fingerprint density at radius 3 is 2.29 bits per heavy atom. The van der Waals surface area contributed by atoms with Gasteiger partial charge in [-0.3, -0.25) is 4.90 Å². The zero-order chi connectivity index (χ0) is 24.9. The molecule has 1 heterocycles. The molecule has 0 aromatic heterocycles. The van der Waals surface area contributed by atoms with Gasteiger partial charge in [0.1, 0.15) is 16.6 Å². The zero-order valence-corrected chi connectivity index (χ0v) is 22.5. The van der Waals surface area contributed by atoms with Gasteiger partial charge in [0.2, 0.25) is 0 Å². The van der Waals surface area contributed by atoms with Crippen LogP contribution in [0.25, 0.3) is 0 Å². The van der Waals surface area contributed by atoms with Gasteiger partial charge in [-0.2, -0.15) is 4.40 Å². The molecule has 2 aliphatic rings. The van der Waals surface area contributed by atoms with Gasteiger partial charge in [-0.15, -0.1) is 0 Å². The lowest BCUT2D eigenvalue weighted by Crippen LogP contribution is -2.53. The molecule has 1 amide bonds. The number of nitrogens with zero attached hydrogens (tertiary/aromatic N) is 2. The van der Waals surface area contributed by atoms with Crippen molar-refractivity contribution in [1.82, 2.24) is 4.90 Å². The number of hydrogen-bond acceptors (Lipinski definition) is 4. The molecule has 1 saturated heterocycles. The van der Waals surface area contributed by atoms with Crippen LogP contribution < -0.4 is 0 Å². The highest BCUT2D eigenvalue weighted by Crippen LogP contribution is 2.34. The van der Waals surface area contributed by atoms with Crippen LogP contribution in [-0.2, 0) is 20.5 Å². The van der Waals surface area contributed by atoms with E-state index >= 15 is 0 Å². The number of piperidine rings is 1. The van der Waals surface area contributed by atoms with Crippen molar-refractivity contribution in [2.24, 2.45) is 4.40 Å². The van der Waals surface area contributed by atoms with Gasteiger partial charge in [-0.1, -0.05) is 30.3 Å². The molecule has 2 fully saturated rings. The predicted octanol–water partition coefficient (Wildman–Crippen LogP) is 6.03. The molecule has 1 aliphatic carbocycles. The first-order valence-corrected chi connectivity index (χ1v) is 13.7. The number of rotatable bonds is 5. The maximum Gasteiger partial charge on any atom is 0.410 e. The third-order valence-electron chi connectivity index (χ3n) is 6.38. The predicted molar refractivity (Wildman–Crippen MR) is 139 cm³/mol. The molecule has 0 N–H and O–H groups in total. The molecule has 0 spiro atoms. The van der Waals surface area contributed by atoms with Crippen molar-refractivity contribution < 1.29 is 18.5 Å². The topological polar surface area (TPSA) is 68.2 Å². The van der Waals surface area contributed by atoms with E-state index in [9.17, 15) is 9.00 Å². The Morgan fingerprint density at radius 2 is 1.71 bits per heavy atom. The van der Waals surface area contributed by atoms with E-state index in [1.165, 1.54) is 5.56 Å². The molecule has 1 aromatic rings. The van der Waals surface area contributed by atoms with Gasteiger partial charge >= 0.3 is 6.09 Å². The smallest absolute Gasteiger partial charge is 0.410 e. The van der Waals surface area contributed by atoms with Crippen molar-refractivity contribution in [1.29, 1.82) is 0 Å². The van der Waals surface area contributed by atoms with Crippen molar-refractivity contribution in [2.45, 2.75) is 108 Å². The molecule has 6 nitrogen and oxygen atoms in total. The summed E-state index contributed by atoms with van der Waals surface area (Å²) >= 11 is 0. The maximum absolute atomic E-state index is 13.0. The molecule has 1 saturated carbocycles. The minimum atomic E-state index is -1.38. The third-order valence-corrected chi connectivity index (χ3v) is 7.83. The van der Waals surface area contributed by atoms with Gasteiger partial charge in [0.15, 0.2) is 0 Å². The first kappa shape index (κ1) is 26.9. The molecule has 1 aromatic carbocycles. The molecular weight excluding hydrogens is 448 g/mol. The van der Waals surface area contributed by atoms with E-state index < -0.39 is 21.3 Å². The van der Waals surface area contributed by atoms with E-state index in [2.05, 4.69) is 34.7 Å². The van der Waals surface area contributed by atoms with Crippen LogP contribution in [0.4, 0.5) is 4.79 Å². The van der Waals surface area contributed by atoms with Crippen LogP contribution in [-0.4, -0.2) is 56.6 Å². The Bertz CT molecular complexity index is 865. The average molecular weight is 491 g/mol. The Balaban J connectivity index is 1.69. The average Bonchev–Trinajstić information content (AvgIpc) is 2.77. The Morgan fingerprint density at radius 1 is 1.06 bits per heavy atom. The summed E-state index contributed by atoms with van der Waals surface area (Å²) in [6, 6.07) is 10.4. The lowest BCUT2D eigenvalue weighted by Gasteiger charge is -2.38. The van der Waals surface area contributed by atoms with Crippen molar-refractivity contribution >= 4 is 22.8 Å². The molecule has 0 radical (unpaired) electrons. The summed E-state index contributed by atoms with van der Waals surface area (Å²) in [5.74, 6) is 0.584. The molecule has 2 unspecified atom stereocenters. The molecule has 3 rings (SSSR count). The Hall–Kier alpha value is -1.73. The SMILES string of the molecule is CC(C)(C)OC(=O)N1CCC/C(=N/S(=O)C(C)(C)C)C1COC1CCC(c2ccccc2)CC1. The van der Waals surface area contributed by atoms with Crippen LogP contribution in [0, 0.1) is 0 Å². The number of benzene rings is 1. The normalized spacial score (nSPS) is 26.4. The van der Waals surface area contributed by atoms with E-state index in [1.54, 1.807) is 4.90 Å². The lowest BCUT2D eigenvalue weighted by atomic mass is 9.83. The summed E-state index contributed by atoms with van der Waals surface area (Å²) in [5, 5.41) is 0. The number of carbonyl (C=O) groups is 1. The van der Waals surface area contributed by atoms with E-state index in [4.69, 9.17) is 9.47 Å². The minimum absolute atomic E-state index is 0.164. The van der Waals surface area contributed by atoms with Crippen molar-refractivity contribution in [3.05, 3.63) is 35.9 Å². The second-order valence-corrected chi connectivity index (χ2v) is 13.4. The molecule has 1 aliphatic heterocycles. The van der Waals surface area contributed by atoms with Gasteiger partial charge < -0.3 is 9.47 Å². The molecule has 2 atom stereocenters. The largest absolute Gasteiger partial charge is 0.444 e. The standard InChI is InChI=1S/C27H42N2O4S/c1-26(2,3)33-25(30)29-18-10-13-23(28-34(31)27(4,5)6)24(29)19-32-22-16-14-21(15-17-22)20-11-8-7-9-12-20/h7-9,11-12,21-22,24H,10,13-19H2,1-6H3/b28-23-. The Kier molecular flexibility index (Phi) is 8.96. The highest BCUT2D eigenvalue weighted by Gasteiger charge is 2.36. The quantitative estimate of drug-likeness (QED) is 0.505. The second kappa shape index (κ2) is 11.3. The minimum Gasteiger partial charge on any atom is -0.444 e. The summed E-state index contributed by atoms with van der Waals surface area (Å²) in [6.45, 7) is 12.3. The number of likely N-dealkylation sites (tertiary alicyclic amines) is 1. The van der Waals surface area contributed by atoms with Crippen molar-refractivity contribution in [3.63, 3.8) is 0 Å². The van der Waals surface area contributed by atoms with E-state index in [-0.39, 0.29) is 18.2 Å². The van der Waals surface area contributed by atoms with Crippen LogP contribution in [0.1, 0.15) is 91.5 Å². The van der Waals surface area contributed by atoms with Gasteiger partial charge in [-0.05, 0) is 91.5 Å². The lowest BCUT2D eigenvalue weighted by molar-refractivity contribution is -0.0155. The van der Waals surface area contributed by atoms with E-state index in [0.29, 0.717) is 19.1 Å². The highest BCUT2D eigenvalue weighted by molar-refractivity contribution is 7.85. The maximum atomic E-state index is 13.0. The number of amides is 1. The number of ether oxygens (including phenoxy) is 2. The van der Waals surface area contributed by atoms with Crippen LogP contribution in [0.3, 0.4) is 0 Å². The first-order valence-electron chi connectivity index (χ1n) is 12.6. The zero-order valence-electron chi connectivity index (χ0n) is 21.7. The molecule has 34 heavy (non-hydrogen) atoms. The van der Waals surface area contributed by atoms with Gasteiger partial charge in [0.25, 0.3) is 0 Å². The molecule has 190 valence electrons. The van der Waals surface area contributed by atoms with Crippen molar-refractivity contribution in [2.75, 3.05) is 13.2 Å². The summed E-state index contributed by atoms with van der Waals surface area (Å²) in [7, 11) is -1.38. The van der Waals surface area contributed by atoms with Gasteiger partial charge in [0.05, 0.1) is 29.2 Å². The fourth-order valence-electron chi connectivity index (χ4n) is 4.52. The first-order chi connectivity index (χ1) is 15.9. The number of hydrogen-bond donors (Lipinski definition) is 0. The van der Waals surface area contributed by atoms with Crippen molar-refractivity contribution in [3.8, 4) is 0 Å². The van der Waals surface area contributed by atoms with E-state index in [0.717, 1.165) is 44.2 Å². The van der Waals surface area contributed by atoms with E-state index in [1.807, 2.05) is 41.5 Å². The number of carbonyl (C=O) groups excluding carboxylic acids is 1. The Labute approximate surface area is 208 Å².